The Bertz CT molecular complexity index is 1520. The summed E-state index contributed by atoms with van der Waals surface area (Å²) in [5, 5.41) is 6.30. The molecule has 10 heteroatoms. The lowest BCUT2D eigenvalue weighted by molar-refractivity contribution is 0.104. The van der Waals surface area contributed by atoms with Crippen molar-refractivity contribution >= 4 is 44.5 Å². The summed E-state index contributed by atoms with van der Waals surface area (Å²) in [6, 6.07) is 25.5. The lowest BCUT2D eigenvalue weighted by Crippen LogP contribution is -2.42. The van der Waals surface area contributed by atoms with Crippen LogP contribution in [-0.4, -0.2) is 38.3 Å². The van der Waals surface area contributed by atoms with E-state index in [-0.39, 0.29) is 23.8 Å². The molecule has 2 amide bonds. The Morgan fingerprint density at radius 3 is 2.32 bits per heavy atom. The molecule has 0 spiro atoms. The Morgan fingerprint density at radius 2 is 1.54 bits per heavy atom. The highest BCUT2D eigenvalue weighted by atomic mass is 32.2. The van der Waals surface area contributed by atoms with Crippen LogP contribution in [0.2, 0.25) is 0 Å². The second kappa shape index (κ2) is 12.0. The lowest BCUT2D eigenvalue weighted by Gasteiger charge is -2.10. The van der Waals surface area contributed by atoms with Gasteiger partial charge in [0.2, 0.25) is 0 Å². The van der Waals surface area contributed by atoms with Crippen LogP contribution in [0.3, 0.4) is 0 Å². The van der Waals surface area contributed by atoms with Crippen molar-refractivity contribution in [3.8, 4) is 0 Å². The lowest BCUT2D eigenvalue weighted by atomic mass is 10.1. The molecular formula is C27H25N5O4S. The van der Waals surface area contributed by atoms with Crippen molar-refractivity contribution in [3.05, 3.63) is 108 Å². The average molecular weight is 516 g/mol. The summed E-state index contributed by atoms with van der Waals surface area (Å²) in [5.41, 5.74) is 5.08. The number of hydrogen-bond donors (Lipinski definition) is 4. The highest BCUT2D eigenvalue weighted by molar-refractivity contribution is 7.89. The number of ketones is 1. The number of aromatic nitrogens is 1. The molecule has 4 N–H and O–H groups in total. The molecule has 0 bridgehead atoms. The minimum Gasteiger partial charge on any atom is -0.337 e. The minimum absolute atomic E-state index is 0.135. The van der Waals surface area contributed by atoms with Gasteiger partial charge in [0, 0.05) is 29.7 Å². The van der Waals surface area contributed by atoms with Crippen molar-refractivity contribution < 1.29 is 18.0 Å². The first-order chi connectivity index (χ1) is 17.9. The Morgan fingerprint density at radius 1 is 0.811 bits per heavy atom. The average Bonchev–Trinajstić information content (AvgIpc) is 2.92. The van der Waals surface area contributed by atoms with Crippen LogP contribution >= 0.6 is 0 Å². The summed E-state index contributed by atoms with van der Waals surface area (Å²) < 4.78 is 24.2. The Kier molecular flexibility index (Phi) is 8.37. The molecule has 0 fully saturated rings. The van der Waals surface area contributed by atoms with Gasteiger partial charge in [-0.2, -0.15) is 0 Å². The number of fused-ring (bicyclic) bond motifs is 1. The highest BCUT2D eigenvalue weighted by Gasteiger charge is 2.12. The number of benzene rings is 3. The highest BCUT2D eigenvalue weighted by Crippen LogP contribution is 2.14. The topological polar surface area (TPSA) is 129 Å². The van der Waals surface area contributed by atoms with E-state index in [1.54, 1.807) is 48.5 Å². The zero-order valence-electron chi connectivity index (χ0n) is 19.7. The van der Waals surface area contributed by atoms with Crippen molar-refractivity contribution in [3.63, 3.8) is 0 Å². The molecule has 3 aromatic carbocycles. The summed E-state index contributed by atoms with van der Waals surface area (Å²) in [6.07, 6.45) is 3.13. The number of pyridine rings is 1. The van der Waals surface area contributed by atoms with Crippen LogP contribution in [0.25, 0.3) is 17.0 Å². The maximum absolute atomic E-state index is 12.5. The number of carbonyl (C=O) groups excluding carboxylic acids is 2. The fourth-order valence-electron chi connectivity index (χ4n) is 3.37. The van der Waals surface area contributed by atoms with Gasteiger partial charge < -0.3 is 10.6 Å². The van der Waals surface area contributed by atoms with Crippen molar-refractivity contribution in [1.82, 2.24) is 20.6 Å². The van der Waals surface area contributed by atoms with E-state index in [0.29, 0.717) is 16.9 Å². The first kappa shape index (κ1) is 25.7. The number of anilines is 1. The molecule has 1 aromatic heterocycles. The summed E-state index contributed by atoms with van der Waals surface area (Å²) in [7, 11) is -3.67. The van der Waals surface area contributed by atoms with Crippen LogP contribution in [0.15, 0.2) is 102 Å². The van der Waals surface area contributed by atoms with Gasteiger partial charge in [-0.3, -0.25) is 4.79 Å². The van der Waals surface area contributed by atoms with E-state index in [9.17, 15) is 18.0 Å². The number of allylic oxidation sites excluding steroid dienone is 1. The maximum atomic E-state index is 12.5. The van der Waals surface area contributed by atoms with E-state index in [0.717, 1.165) is 10.9 Å². The van der Waals surface area contributed by atoms with Gasteiger partial charge in [0.05, 0.1) is 16.1 Å². The molecule has 0 saturated carbocycles. The normalized spacial score (nSPS) is 11.5. The SMILES string of the molecule is O=C(NCCNNS(=O)(=O)c1ccccc1)Nc1ccc(C(=O)/C=C/c2ccc3ccccc3n2)cc1. The molecule has 4 aromatic rings. The Labute approximate surface area is 214 Å². The third kappa shape index (κ3) is 7.31. The number of carbonyl (C=O) groups is 2. The molecule has 0 aliphatic heterocycles. The summed E-state index contributed by atoms with van der Waals surface area (Å²) in [4.78, 5) is 31.5. The molecule has 37 heavy (non-hydrogen) atoms. The molecule has 9 nitrogen and oxygen atoms in total. The first-order valence-corrected chi connectivity index (χ1v) is 12.9. The summed E-state index contributed by atoms with van der Waals surface area (Å²) in [6.45, 7) is 0.346. The van der Waals surface area contributed by atoms with Gasteiger partial charge in [0.15, 0.2) is 5.78 Å². The number of hydrogen-bond acceptors (Lipinski definition) is 6. The van der Waals surface area contributed by atoms with Gasteiger partial charge in [-0.15, -0.1) is 4.83 Å². The van der Waals surface area contributed by atoms with Crippen LogP contribution in [0.1, 0.15) is 16.1 Å². The quantitative estimate of drug-likeness (QED) is 0.110. The van der Waals surface area contributed by atoms with Crippen LogP contribution < -0.4 is 20.9 Å². The molecule has 0 atom stereocenters. The molecule has 0 saturated heterocycles. The molecule has 0 radical (unpaired) electrons. The number of para-hydroxylation sites is 1. The first-order valence-electron chi connectivity index (χ1n) is 11.4. The van der Waals surface area contributed by atoms with E-state index in [2.05, 4.69) is 25.9 Å². The molecule has 0 aliphatic rings. The van der Waals surface area contributed by atoms with Crippen molar-refractivity contribution in [2.45, 2.75) is 4.90 Å². The van der Waals surface area contributed by atoms with Crippen molar-refractivity contribution in [1.29, 1.82) is 0 Å². The maximum Gasteiger partial charge on any atom is 0.319 e. The van der Waals surface area contributed by atoms with E-state index in [4.69, 9.17) is 0 Å². The van der Waals surface area contributed by atoms with Crippen LogP contribution in [0, 0.1) is 0 Å². The summed E-state index contributed by atoms with van der Waals surface area (Å²) in [5.74, 6) is -0.185. The minimum atomic E-state index is -3.67. The van der Waals surface area contributed by atoms with Gasteiger partial charge in [0.25, 0.3) is 10.0 Å². The molecule has 4 rings (SSSR count). The van der Waals surface area contributed by atoms with E-state index < -0.39 is 16.1 Å². The third-order valence-corrected chi connectivity index (χ3v) is 6.55. The fourth-order valence-corrected chi connectivity index (χ4v) is 4.29. The van der Waals surface area contributed by atoms with Gasteiger partial charge in [-0.25, -0.2) is 23.6 Å². The molecule has 188 valence electrons. The second-order valence-electron chi connectivity index (χ2n) is 7.93. The molecule has 1 heterocycles. The Balaban J connectivity index is 1.21. The second-order valence-corrected chi connectivity index (χ2v) is 9.61. The molecule has 0 aliphatic carbocycles. The monoisotopic (exact) mass is 515 g/mol. The number of urea groups is 1. The predicted molar refractivity (Wildman–Crippen MR) is 143 cm³/mol. The largest absolute Gasteiger partial charge is 0.337 e. The Hall–Kier alpha value is -4.38. The number of nitrogens with zero attached hydrogens (tertiary/aromatic N) is 1. The van der Waals surface area contributed by atoms with E-state index in [1.807, 2.05) is 36.4 Å². The predicted octanol–water partition coefficient (Wildman–Crippen LogP) is 3.74. The number of rotatable bonds is 10. The van der Waals surface area contributed by atoms with Gasteiger partial charge >= 0.3 is 6.03 Å². The van der Waals surface area contributed by atoms with Crippen molar-refractivity contribution in [2.75, 3.05) is 18.4 Å². The van der Waals surface area contributed by atoms with Gasteiger partial charge in [0.1, 0.15) is 0 Å². The fraction of sp³-hybridized carbons (Fsp3) is 0.0741. The third-order valence-electron chi connectivity index (χ3n) is 5.25. The molecular weight excluding hydrogens is 490 g/mol. The van der Waals surface area contributed by atoms with Crippen molar-refractivity contribution in [2.24, 2.45) is 0 Å². The van der Waals surface area contributed by atoms with Crippen LogP contribution in [0.4, 0.5) is 10.5 Å². The number of nitrogens with one attached hydrogen (secondary N) is 4. The van der Waals surface area contributed by atoms with E-state index >= 15 is 0 Å². The van der Waals surface area contributed by atoms with Gasteiger partial charge in [-0.05, 0) is 60.7 Å². The smallest absolute Gasteiger partial charge is 0.319 e. The standard InChI is InChI=1S/C27H25N5O4S/c33-26(17-16-22-13-10-20-6-4-5-9-25(20)30-22)21-11-14-23(15-12-21)31-27(34)28-18-19-29-32-37(35,36)24-7-2-1-3-8-24/h1-17,29,32H,18-19H2,(H2,28,31,34)/b17-16+. The van der Waals surface area contributed by atoms with Crippen LogP contribution in [-0.2, 0) is 10.0 Å². The van der Waals surface area contributed by atoms with Crippen LogP contribution in [0.5, 0.6) is 0 Å². The number of amides is 2. The van der Waals surface area contributed by atoms with Gasteiger partial charge in [-0.1, -0.05) is 42.5 Å². The molecule has 0 unspecified atom stereocenters. The number of hydrazine groups is 1. The van der Waals surface area contributed by atoms with E-state index in [1.165, 1.54) is 18.2 Å². The summed E-state index contributed by atoms with van der Waals surface area (Å²) >= 11 is 0. The zero-order chi connectivity index (χ0) is 26.1. The zero-order valence-corrected chi connectivity index (χ0v) is 20.5. The number of sulfonamides is 1.